The molecule has 0 atom stereocenters. The van der Waals surface area contributed by atoms with E-state index in [-0.39, 0.29) is 11.7 Å². The first-order chi connectivity index (χ1) is 12.7. The highest BCUT2D eigenvalue weighted by Gasteiger charge is 2.10. The average molecular weight is 365 g/mol. The molecule has 1 amide bonds. The Hall–Kier alpha value is -3.39. The van der Waals surface area contributed by atoms with Gasteiger partial charge in [0.2, 0.25) is 0 Å². The molecule has 0 saturated heterocycles. The topological polar surface area (TPSA) is 72.7 Å². The molecule has 0 fully saturated rings. The molecule has 0 unspecified atom stereocenters. The van der Waals surface area contributed by atoms with Gasteiger partial charge in [0.15, 0.2) is 5.13 Å². The lowest BCUT2D eigenvalue weighted by Gasteiger charge is -2.04. The Kier molecular flexibility index (Phi) is 4.24. The van der Waals surface area contributed by atoms with Crippen LogP contribution in [0.15, 0.2) is 66.6 Å². The Morgan fingerprint density at radius 3 is 2.54 bits per heavy atom. The number of hydrogen-bond acceptors (Lipinski definition) is 5. The van der Waals surface area contributed by atoms with E-state index >= 15 is 0 Å². The zero-order valence-corrected chi connectivity index (χ0v) is 14.2. The Balaban J connectivity index is 1.47. The van der Waals surface area contributed by atoms with Gasteiger partial charge in [-0.25, -0.2) is 19.0 Å². The fraction of sp³-hybridized carbons (Fsp3) is 0. The molecule has 0 spiro atoms. The minimum absolute atomic E-state index is 0.254. The number of halogens is 1. The summed E-state index contributed by atoms with van der Waals surface area (Å²) in [5.41, 5.74) is 2.80. The Labute approximate surface area is 152 Å². The van der Waals surface area contributed by atoms with E-state index in [1.165, 1.54) is 29.8 Å². The molecule has 26 heavy (non-hydrogen) atoms. The molecule has 0 radical (unpaired) electrons. The summed E-state index contributed by atoms with van der Waals surface area (Å²) in [6, 6.07) is 13.1. The van der Waals surface area contributed by atoms with Crippen LogP contribution in [0.5, 0.6) is 0 Å². The number of nitrogens with one attached hydrogen (secondary N) is 1. The Bertz CT molecular complexity index is 1030. The maximum atomic E-state index is 13.0. The summed E-state index contributed by atoms with van der Waals surface area (Å²) < 4.78 is 14.6. The van der Waals surface area contributed by atoms with Gasteiger partial charge in [-0.05, 0) is 48.5 Å². The molecule has 0 aliphatic carbocycles. The number of amides is 1. The second-order valence-electron chi connectivity index (χ2n) is 5.39. The smallest absolute Gasteiger partial charge is 0.257 e. The van der Waals surface area contributed by atoms with Crippen molar-refractivity contribution in [3.63, 3.8) is 0 Å². The second-order valence-corrected chi connectivity index (χ2v) is 6.24. The molecule has 6 nitrogen and oxygen atoms in total. The molecule has 2 aromatic heterocycles. The number of aromatic nitrogens is 4. The highest BCUT2D eigenvalue weighted by Crippen LogP contribution is 2.25. The van der Waals surface area contributed by atoms with Gasteiger partial charge in [0.1, 0.15) is 18.5 Å². The molecular formula is C18H12FN5OS. The summed E-state index contributed by atoms with van der Waals surface area (Å²) in [7, 11) is 0. The number of thiazole rings is 1. The summed E-state index contributed by atoms with van der Waals surface area (Å²) in [6.07, 6.45) is 3.03. The van der Waals surface area contributed by atoms with Crippen LogP contribution < -0.4 is 5.32 Å². The van der Waals surface area contributed by atoms with Gasteiger partial charge in [0.25, 0.3) is 5.91 Å². The summed E-state index contributed by atoms with van der Waals surface area (Å²) in [6.45, 7) is 0. The summed E-state index contributed by atoms with van der Waals surface area (Å²) in [5, 5.41) is 9.11. The fourth-order valence-corrected chi connectivity index (χ4v) is 3.08. The van der Waals surface area contributed by atoms with Gasteiger partial charge >= 0.3 is 0 Å². The van der Waals surface area contributed by atoms with Crippen molar-refractivity contribution in [2.45, 2.75) is 0 Å². The quantitative estimate of drug-likeness (QED) is 0.597. The first-order valence-electron chi connectivity index (χ1n) is 7.67. The van der Waals surface area contributed by atoms with Crippen molar-refractivity contribution >= 4 is 22.4 Å². The van der Waals surface area contributed by atoms with Crippen molar-refractivity contribution in [1.82, 2.24) is 19.7 Å². The van der Waals surface area contributed by atoms with Crippen LogP contribution in [0.2, 0.25) is 0 Å². The number of benzene rings is 2. The SMILES string of the molecule is O=C(Nc1nc(-c2ccc(F)cc2)cs1)c1ccc(-n2cncn2)cc1. The number of hydrogen-bond donors (Lipinski definition) is 1. The first kappa shape index (κ1) is 16.1. The van der Waals surface area contributed by atoms with Crippen molar-refractivity contribution in [1.29, 1.82) is 0 Å². The molecule has 0 aliphatic heterocycles. The largest absolute Gasteiger partial charge is 0.298 e. The normalized spacial score (nSPS) is 10.7. The number of carbonyl (C=O) groups is 1. The van der Waals surface area contributed by atoms with Gasteiger partial charge in [-0.2, -0.15) is 5.10 Å². The second kappa shape index (κ2) is 6.85. The Morgan fingerprint density at radius 2 is 1.85 bits per heavy atom. The minimum Gasteiger partial charge on any atom is -0.298 e. The van der Waals surface area contributed by atoms with Crippen LogP contribution in [0.1, 0.15) is 10.4 Å². The van der Waals surface area contributed by atoms with E-state index in [1.54, 1.807) is 47.4 Å². The summed E-state index contributed by atoms with van der Waals surface area (Å²) >= 11 is 1.31. The highest BCUT2D eigenvalue weighted by atomic mass is 32.1. The van der Waals surface area contributed by atoms with Crippen LogP contribution >= 0.6 is 11.3 Å². The molecule has 1 N–H and O–H groups in total. The molecule has 2 aromatic carbocycles. The maximum absolute atomic E-state index is 13.0. The van der Waals surface area contributed by atoms with Crippen LogP contribution in [0.4, 0.5) is 9.52 Å². The monoisotopic (exact) mass is 365 g/mol. The minimum atomic E-state index is -0.299. The predicted molar refractivity (Wildman–Crippen MR) is 96.8 cm³/mol. The molecule has 4 aromatic rings. The van der Waals surface area contributed by atoms with Gasteiger partial charge in [-0.3, -0.25) is 10.1 Å². The predicted octanol–water partition coefficient (Wildman–Crippen LogP) is 3.78. The fourth-order valence-electron chi connectivity index (χ4n) is 2.36. The number of nitrogens with zero attached hydrogens (tertiary/aromatic N) is 4. The molecule has 0 bridgehead atoms. The van der Waals surface area contributed by atoms with E-state index in [2.05, 4.69) is 20.4 Å². The number of carbonyl (C=O) groups excluding carboxylic acids is 1. The molecule has 128 valence electrons. The van der Waals surface area contributed by atoms with E-state index < -0.39 is 0 Å². The van der Waals surface area contributed by atoms with Crippen LogP contribution in [-0.4, -0.2) is 25.7 Å². The zero-order valence-electron chi connectivity index (χ0n) is 13.3. The van der Waals surface area contributed by atoms with E-state index in [0.717, 1.165) is 11.3 Å². The third-order valence-corrected chi connectivity index (χ3v) is 4.44. The lowest BCUT2D eigenvalue weighted by Crippen LogP contribution is -2.11. The van der Waals surface area contributed by atoms with E-state index in [0.29, 0.717) is 16.4 Å². The average Bonchev–Trinajstić information content (AvgIpc) is 3.35. The summed E-state index contributed by atoms with van der Waals surface area (Å²) in [4.78, 5) is 20.6. The van der Waals surface area contributed by atoms with Crippen LogP contribution in [0.25, 0.3) is 16.9 Å². The van der Waals surface area contributed by atoms with Gasteiger partial charge in [-0.1, -0.05) is 0 Å². The standard InChI is InChI=1S/C18H12FN5OS/c19-14-5-1-12(2-6-14)16-9-26-18(22-16)23-17(25)13-3-7-15(8-4-13)24-11-20-10-21-24/h1-11H,(H,22,23,25). The third-order valence-electron chi connectivity index (χ3n) is 3.68. The maximum Gasteiger partial charge on any atom is 0.257 e. The van der Waals surface area contributed by atoms with Crippen molar-refractivity contribution in [2.24, 2.45) is 0 Å². The van der Waals surface area contributed by atoms with E-state index in [1.807, 2.05) is 5.38 Å². The van der Waals surface area contributed by atoms with Crippen molar-refractivity contribution in [3.05, 3.63) is 77.9 Å². The number of rotatable bonds is 4. The Morgan fingerprint density at radius 1 is 1.08 bits per heavy atom. The van der Waals surface area contributed by atoms with Crippen molar-refractivity contribution in [2.75, 3.05) is 5.32 Å². The van der Waals surface area contributed by atoms with Crippen molar-refractivity contribution < 1.29 is 9.18 Å². The lowest BCUT2D eigenvalue weighted by molar-refractivity contribution is 0.102. The van der Waals surface area contributed by atoms with E-state index in [4.69, 9.17) is 0 Å². The van der Waals surface area contributed by atoms with E-state index in [9.17, 15) is 9.18 Å². The molecule has 0 aliphatic rings. The first-order valence-corrected chi connectivity index (χ1v) is 8.55. The summed E-state index contributed by atoms with van der Waals surface area (Å²) in [5.74, 6) is -0.554. The van der Waals surface area contributed by atoms with Gasteiger partial charge in [-0.15, -0.1) is 11.3 Å². The number of anilines is 1. The van der Waals surface area contributed by atoms with Crippen LogP contribution in [0, 0.1) is 5.82 Å². The molecular weight excluding hydrogens is 353 g/mol. The zero-order chi connectivity index (χ0) is 17.9. The molecule has 0 saturated carbocycles. The third kappa shape index (κ3) is 3.35. The molecule has 4 rings (SSSR count). The molecule has 2 heterocycles. The van der Waals surface area contributed by atoms with Crippen LogP contribution in [-0.2, 0) is 0 Å². The van der Waals surface area contributed by atoms with Gasteiger partial charge in [0.05, 0.1) is 11.4 Å². The highest BCUT2D eigenvalue weighted by molar-refractivity contribution is 7.14. The lowest BCUT2D eigenvalue weighted by atomic mass is 10.2. The van der Waals surface area contributed by atoms with Gasteiger partial charge in [0, 0.05) is 16.5 Å². The van der Waals surface area contributed by atoms with Crippen molar-refractivity contribution in [3.8, 4) is 16.9 Å². The van der Waals surface area contributed by atoms with Crippen LogP contribution in [0.3, 0.4) is 0 Å². The van der Waals surface area contributed by atoms with Gasteiger partial charge < -0.3 is 0 Å². The molecule has 8 heteroatoms.